The fourth-order valence-electron chi connectivity index (χ4n) is 3.11. The zero-order valence-electron chi connectivity index (χ0n) is 10.1. The number of thioether (sulfide) groups is 1. The Kier molecular flexibility index (Phi) is 3.24. The summed E-state index contributed by atoms with van der Waals surface area (Å²) >= 11 is 1.98. The van der Waals surface area contributed by atoms with Crippen LogP contribution in [-0.2, 0) is 5.41 Å². The van der Waals surface area contributed by atoms with Crippen LogP contribution in [0.1, 0.15) is 37.7 Å². The number of hydrogen-bond acceptors (Lipinski definition) is 2. The molecule has 1 aliphatic heterocycles. The Balaban J connectivity index is 2.01. The van der Waals surface area contributed by atoms with Gasteiger partial charge in [0.15, 0.2) is 0 Å². The minimum atomic E-state index is 0.245. The van der Waals surface area contributed by atoms with Gasteiger partial charge in [0, 0.05) is 17.7 Å². The van der Waals surface area contributed by atoms with E-state index in [0.29, 0.717) is 0 Å². The lowest BCUT2D eigenvalue weighted by Crippen LogP contribution is -2.35. The second-order valence-corrected chi connectivity index (χ2v) is 6.05. The van der Waals surface area contributed by atoms with E-state index in [4.69, 9.17) is 4.99 Å². The van der Waals surface area contributed by atoms with Crippen LogP contribution < -0.4 is 0 Å². The fourth-order valence-corrected chi connectivity index (χ4v) is 4.27. The first-order chi connectivity index (χ1) is 8.42. The third-order valence-corrected chi connectivity index (χ3v) is 5.15. The van der Waals surface area contributed by atoms with E-state index in [9.17, 15) is 0 Å². The van der Waals surface area contributed by atoms with Gasteiger partial charge >= 0.3 is 0 Å². The Morgan fingerprint density at radius 3 is 2.53 bits per heavy atom. The molecular weight excluding hydrogens is 226 g/mol. The minimum absolute atomic E-state index is 0.245. The minimum Gasteiger partial charge on any atom is -0.281 e. The number of benzene rings is 1. The predicted octanol–water partition coefficient (Wildman–Crippen LogP) is 3.83. The van der Waals surface area contributed by atoms with E-state index in [-0.39, 0.29) is 5.41 Å². The molecule has 17 heavy (non-hydrogen) atoms. The third kappa shape index (κ3) is 2.03. The zero-order valence-corrected chi connectivity index (χ0v) is 10.9. The van der Waals surface area contributed by atoms with E-state index in [1.54, 1.807) is 0 Å². The summed E-state index contributed by atoms with van der Waals surface area (Å²) in [5.41, 5.74) is 1.71. The van der Waals surface area contributed by atoms with E-state index in [1.807, 2.05) is 23.9 Å². The summed E-state index contributed by atoms with van der Waals surface area (Å²) < 4.78 is 0. The Hall–Kier alpha value is -0.760. The number of aliphatic imine (C=N–C) groups is 1. The van der Waals surface area contributed by atoms with Gasteiger partial charge in [-0.25, -0.2) is 0 Å². The van der Waals surface area contributed by atoms with Gasteiger partial charge in [-0.3, -0.25) is 4.99 Å². The molecular formula is C15H18NS. The summed E-state index contributed by atoms with van der Waals surface area (Å²) in [5, 5.41) is 1.41. The molecule has 1 aromatic rings. The highest BCUT2D eigenvalue weighted by Crippen LogP contribution is 2.44. The van der Waals surface area contributed by atoms with Crippen molar-refractivity contribution in [2.24, 2.45) is 4.99 Å². The molecule has 0 bridgehead atoms. The molecule has 0 amide bonds. The average Bonchev–Trinajstić information content (AvgIpc) is 2.95. The summed E-state index contributed by atoms with van der Waals surface area (Å²) in [6.45, 7) is 1.01. The van der Waals surface area contributed by atoms with Gasteiger partial charge in [-0.1, -0.05) is 43.5 Å². The number of rotatable bonds is 2. The lowest BCUT2D eigenvalue weighted by Gasteiger charge is -2.37. The van der Waals surface area contributed by atoms with Gasteiger partial charge < -0.3 is 0 Å². The van der Waals surface area contributed by atoms with Crippen molar-refractivity contribution in [3.63, 3.8) is 0 Å². The highest BCUT2D eigenvalue weighted by Gasteiger charge is 2.39. The average molecular weight is 244 g/mol. The predicted molar refractivity (Wildman–Crippen MR) is 74.8 cm³/mol. The van der Waals surface area contributed by atoms with Crippen LogP contribution in [0.2, 0.25) is 0 Å². The lowest BCUT2D eigenvalue weighted by molar-refractivity contribution is 0.384. The van der Waals surface area contributed by atoms with Gasteiger partial charge in [0.1, 0.15) is 0 Å². The van der Waals surface area contributed by atoms with Gasteiger partial charge in [0.05, 0.1) is 5.04 Å². The monoisotopic (exact) mass is 244 g/mol. The van der Waals surface area contributed by atoms with E-state index in [0.717, 1.165) is 6.54 Å². The van der Waals surface area contributed by atoms with Gasteiger partial charge in [-0.15, -0.1) is 11.8 Å². The highest BCUT2D eigenvalue weighted by molar-refractivity contribution is 8.14. The maximum Gasteiger partial charge on any atom is 0.0782 e. The molecule has 1 aromatic carbocycles. The number of hydrogen-bond donors (Lipinski definition) is 0. The van der Waals surface area contributed by atoms with Crippen molar-refractivity contribution in [3.05, 3.63) is 35.9 Å². The summed E-state index contributed by atoms with van der Waals surface area (Å²) in [7, 11) is 0. The molecule has 1 radical (unpaired) electrons. The standard InChI is InChI=1S/C15H18NS/c1-3-7-13(8-4-1)15(9-5-2-6-10-15)14-16-11-12-17-14/h3-4,7-8H,2,5-6,9-12H2. The van der Waals surface area contributed by atoms with Crippen LogP contribution in [0.15, 0.2) is 29.3 Å². The second kappa shape index (κ2) is 4.85. The van der Waals surface area contributed by atoms with Crippen LogP contribution in [0, 0.1) is 6.07 Å². The molecule has 1 fully saturated rings. The van der Waals surface area contributed by atoms with Crippen molar-refractivity contribution in [2.75, 3.05) is 12.3 Å². The van der Waals surface area contributed by atoms with Crippen molar-refractivity contribution >= 4 is 16.8 Å². The van der Waals surface area contributed by atoms with Gasteiger partial charge in [-0.05, 0) is 24.5 Å². The van der Waals surface area contributed by atoms with Crippen LogP contribution in [0.4, 0.5) is 0 Å². The van der Waals surface area contributed by atoms with Crippen molar-refractivity contribution in [1.29, 1.82) is 0 Å². The summed E-state index contributed by atoms with van der Waals surface area (Å²) in [5.74, 6) is 1.18. The van der Waals surface area contributed by atoms with Gasteiger partial charge in [-0.2, -0.15) is 0 Å². The van der Waals surface area contributed by atoms with E-state index in [1.165, 1.54) is 48.5 Å². The molecule has 0 saturated heterocycles. The SMILES string of the molecule is [c]1ccc(C2(C3=NCCS3)CCCCC2)cc1. The maximum atomic E-state index is 4.78. The molecule has 1 aliphatic carbocycles. The van der Waals surface area contributed by atoms with E-state index in [2.05, 4.69) is 18.2 Å². The fraction of sp³-hybridized carbons (Fsp3) is 0.533. The normalized spacial score (nSPS) is 23.4. The molecule has 89 valence electrons. The Bertz CT molecular complexity index is 404. The molecule has 0 spiro atoms. The van der Waals surface area contributed by atoms with Crippen molar-refractivity contribution in [1.82, 2.24) is 0 Å². The molecule has 0 unspecified atom stereocenters. The van der Waals surface area contributed by atoms with Crippen LogP contribution in [0.5, 0.6) is 0 Å². The molecule has 2 aliphatic rings. The summed E-state index contributed by atoms with van der Waals surface area (Å²) in [6, 6.07) is 11.7. The van der Waals surface area contributed by atoms with Crippen molar-refractivity contribution in [3.8, 4) is 0 Å². The third-order valence-electron chi connectivity index (χ3n) is 3.97. The highest BCUT2D eigenvalue weighted by atomic mass is 32.2. The van der Waals surface area contributed by atoms with Gasteiger partial charge in [0.2, 0.25) is 0 Å². The first-order valence-corrected chi connectivity index (χ1v) is 7.55. The van der Waals surface area contributed by atoms with Crippen LogP contribution in [0.3, 0.4) is 0 Å². The first kappa shape index (κ1) is 11.3. The van der Waals surface area contributed by atoms with Crippen molar-refractivity contribution in [2.45, 2.75) is 37.5 Å². The van der Waals surface area contributed by atoms with Crippen molar-refractivity contribution < 1.29 is 0 Å². The molecule has 0 aromatic heterocycles. The van der Waals surface area contributed by atoms with E-state index < -0.39 is 0 Å². The molecule has 2 heteroatoms. The summed E-state index contributed by atoms with van der Waals surface area (Å²) in [4.78, 5) is 4.78. The number of nitrogens with zero attached hydrogens (tertiary/aromatic N) is 1. The Morgan fingerprint density at radius 2 is 1.88 bits per heavy atom. The molecule has 1 heterocycles. The Morgan fingerprint density at radius 1 is 1.12 bits per heavy atom. The zero-order chi connectivity index (χ0) is 11.6. The lowest BCUT2D eigenvalue weighted by atomic mass is 9.70. The molecule has 0 N–H and O–H groups in total. The smallest absolute Gasteiger partial charge is 0.0782 e. The summed E-state index contributed by atoms with van der Waals surface area (Å²) in [6.07, 6.45) is 6.64. The van der Waals surface area contributed by atoms with Crippen LogP contribution >= 0.6 is 11.8 Å². The largest absolute Gasteiger partial charge is 0.281 e. The van der Waals surface area contributed by atoms with E-state index >= 15 is 0 Å². The van der Waals surface area contributed by atoms with Gasteiger partial charge in [0.25, 0.3) is 0 Å². The Labute approximate surface area is 108 Å². The first-order valence-electron chi connectivity index (χ1n) is 6.56. The molecule has 1 nitrogen and oxygen atoms in total. The second-order valence-electron chi connectivity index (χ2n) is 4.97. The quantitative estimate of drug-likeness (QED) is 0.770. The molecule has 0 atom stereocenters. The molecule has 3 rings (SSSR count). The van der Waals surface area contributed by atoms with Crippen LogP contribution in [-0.4, -0.2) is 17.3 Å². The molecule has 1 saturated carbocycles. The van der Waals surface area contributed by atoms with Crippen LogP contribution in [0.25, 0.3) is 0 Å². The maximum absolute atomic E-state index is 4.78. The topological polar surface area (TPSA) is 12.4 Å².